The van der Waals surface area contributed by atoms with E-state index in [4.69, 9.17) is 14.2 Å². The molecule has 8 unspecified atom stereocenters. The molecule has 0 aromatic heterocycles. The van der Waals surface area contributed by atoms with E-state index in [0.29, 0.717) is 12.8 Å². The molecule has 6 N–H and O–H groups in total. The summed E-state index contributed by atoms with van der Waals surface area (Å²) in [4.78, 5) is 26.4. The molecule has 0 radical (unpaired) electrons. The van der Waals surface area contributed by atoms with Crippen LogP contribution in [0.4, 0.5) is 0 Å². The number of esters is 1. The Bertz CT molecular complexity index is 1340. The zero-order valence-corrected chi connectivity index (χ0v) is 45.6. The van der Waals surface area contributed by atoms with Gasteiger partial charge >= 0.3 is 5.97 Å². The van der Waals surface area contributed by atoms with Crippen LogP contribution in [0.25, 0.3) is 0 Å². The van der Waals surface area contributed by atoms with Gasteiger partial charge in [-0.15, -0.1) is 0 Å². The van der Waals surface area contributed by atoms with Gasteiger partial charge in [0.2, 0.25) is 5.91 Å². The smallest absolute Gasteiger partial charge is 0.306 e. The topological polar surface area (TPSA) is 175 Å². The van der Waals surface area contributed by atoms with Gasteiger partial charge in [-0.2, -0.15) is 0 Å². The Morgan fingerprint density at radius 2 is 0.986 bits per heavy atom. The molecule has 0 aliphatic carbocycles. The summed E-state index contributed by atoms with van der Waals surface area (Å²) in [5.41, 5.74) is 0. The molecule has 11 heteroatoms. The van der Waals surface area contributed by atoms with Crippen LogP contribution in [-0.2, 0) is 23.8 Å². The summed E-state index contributed by atoms with van der Waals surface area (Å²) in [6, 6.07) is -1.03. The van der Waals surface area contributed by atoms with Crippen LogP contribution < -0.4 is 5.32 Å². The molecule has 1 rings (SSSR count). The summed E-state index contributed by atoms with van der Waals surface area (Å²) >= 11 is 0. The van der Waals surface area contributed by atoms with Gasteiger partial charge in [0.15, 0.2) is 12.4 Å². The first kappa shape index (κ1) is 66.6. The van der Waals surface area contributed by atoms with Crippen molar-refractivity contribution in [2.24, 2.45) is 0 Å². The van der Waals surface area contributed by atoms with Crippen molar-refractivity contribution >= 4 is 11.9 Å². The summed E-state index contributed by atoms with van der Waals surface area (Å²) in [5, 5.41) is 56.7. The summed E-state index contributed by atoms with van der Waals surface area (Å²) < 4.78 is 17.6. The number of carbonyl (C=O) groups is 2. The van der Waals surface area contributed by atoms with Crippen molar-refractivity contribution in [1.29, 1.82) is 0 Å². The zero-order chi connectivity index (χ0) is 51.8. The van der Waals surface area contributed by atoms with Crippen molar-refractivity contribution in [3.8, 4) is 0 Å². The highest BCUT2D eigenvalue weighted by molar-refractivity contribution is 5.80. The lowest BCUT2D eigenvalue weighted by Crippen LogP contribution is -2.61. The molecule has 0 saturated carbocycles. The monoisotopic (exact) mass is 1000 g/mol. The van der Waals surface area contributed by atoms with Crippen LogP contribution in [-0.4, -0.2) is 99.6 Å². The van der Waals surface area contributed by atoms with Crippen LogP contribution in [0.15, 0.2) is 48.6 Å². The third-order valence-corrected chi connectivity index (χ3v) is 13.7. The predicted octanol–water partition coefficient (Wildman–Crippen LogP) is 13.3. The van der Waals surface area contributed by atoms with Gasteiger partial charge in [0, 0.05) is 6.42 Å². The lowest BCUT2D eigenvalue weighted by Gasteiger charge is -2.41. The van der Waals surface area contributed by atoms with Crippen LogP contribution in [0.3, 0.4) is 0 Å². The van der Waals surface area contributed by atoms with E-state index in [2.05, 4.69) is 62.5 Å². The fourth-order valence-electron chi connectivity index (χ4n) is 8.96. The molecule has 1 fully saturated rings. The second-order valence-electron chi connectivity index (χ2n) is 20.4. The molecule has 414 valence electrons. The van der Waals surface area contributed by atoms with Crippen molar-refractivity contribution in [2.45, 2.75) is 307 Å². The van der Waals surface area contributed by atoms with Crippen molar-refractivity contribution in [3.63, 3.8) is 0 Å². The summed E-state index contributed by atoms with van der Waals surface area (Å²) in [7, 11) is 0. The maximum Gasteiger partial charge on any atom is 0.306 e. The van der Waals surface area contributed by atoms with Crippen LogP contribution >= 0.6 is 0 Å². The Hall–Kier alpha value is -2.38. The Labute approximate surface area is 434 Å². The lowest BCUT2D eigenvalue weighted by molar-refractivity contribution is -0.305. The first-order valence-corrected chi connectivity index (χ1v) is 29.4. The van der Waals surface area contributed by atoms with Crippen LogP contribution in [0.5, 0.6) is 0 Å². The van der Waals surface area contributed by atoms with Crippen molar-refractivity contribution < 1.29 is 49.3 Å². The number of unbranched alkanes of at least 4 members (excludes halogenated alkanes) is 29. The summed E-state index contributed by atoms with van der Waals surface area (Å²) in [5.74, 6) is -1.21. The fraction of sp³-hybridized carbons (Fsp3) is 0.833. The quantitative estimate of drug-likeness (QED) is 0.0195. The van der Waals surface area contributed by atoms with E-state index in [0.717, 1.165) is 77.0 Å². The summed E-state index contributed by atoms with van der Waals surface area (Å²) in [6.07, 6.45) is 47.4. The number of ether oxygens (including phenoxy) is 3. The van der Waals surface area contributed by atoms with Crippen molar-refractivity contribution in [1.82, 2.24) is 5.32 Å². The number of hydrogen-bond donors (Lipinski definition) is 6. The third kappa shape index (κ3) is 37.1. The average molecular weight is 1000 g/mol. The Morgan fingerprint density at radius 1 is 0.549 bits per heavy atom. The van der Waals surface area contributed by atoms with E-state index in [9.17, 15) is 35.1 Å². The first-order chi connectivity index (χ1) is 34.7. The number of aliphatic hydroxyl groups is 5. The van der Waals surface area contributed by atoms with Gasteiger partial charge in [-0.3, -0.25) is 9.59 Å². The Kier molecular flexibility index (Phi) is 45.6. The zero-order valence-electron chi connectivity index (χ0n) is 45.6. The van der Waals surface area contributed by atoms with E-state index >= 15 is 0 Å². The molecule has 1 aliphatic heterocycles. The van der Waals surface area contributed by atoms with Crippen molar-refractivity contribution in [3.05, 3.63) is 48.6 Å². The lowest BCUT2D eigenvalue weighted by atomic mass is 9.99. The Balaban J connectivity index is 2.64. The van der Waals surface area contributed by atoms with Gasteiger partial charge in [-0.25, -0.2) is 0 Å². The van der Waals surface area contributed by atoms with Crippen LogP contribution in [0.1, 0.15) is 258 Å². The average Bonchev–Trinajstić information content (AvgIpc) is 3.37. The molecule has 0 spiro atoms. The highest BCUT2D eigenvalue weighted by atomic mass is 16.7. The minimum atomic E-state index is -1.61. The van der Waals surface area contributed by atoms with Crippen molar-refractivity contribution in [2.75, 3.05) is 13.2 Å². The van der Waals surface area contributed by atoms with Gasteiger partial charge in [0.25, 0.3) is 0 Å². The molecular weight excluding hydrogens is 895 g/mol. The highest BCUT2D eigenvalue weighted by Crippen LogP contribution is 2.26. The molecule has 1 aliphatic rings. The number of amides is 1. The molecule has 0 bridgehead atoms. The predicted molar refractivity (Wildman–Crippen MR) is 292 cm³/mol. The molecule has 0 aromatic rings. The molecule has 0 aromatic carbocycles. The highest BCUT2D eigenvalue weighted by Gasteiger charge is 2.47. The molecule has 1 amide bonds. The van der Waals surface area contributed by atoms with Gasteiger partial charge in [-0.1, -0.05) is 223 Å². The molecular formula is C60H109NO10. The third-order valence-electron chi connectivity index (χ3n) is 13.7. The van der Waals surface area contributed by atoms with Gasteiger partial charge in [0.05, 0.1) is 25.4 Å². The minimum Gasteiger partial charge on any atom is -0.454 e. The molecule has 1 heterocycles. The van der Waals surface area contributed by atoms with Gasteiger partial charge in [-0.05, 0) is 77.0 Å². The number of aliphatic hydroxyl groups excluding tert-OH is 5. The maximum atomic E-state index is 13.3. The summed E-state index contributed by atoms with van der Waals surface area (Å²) in [6.45, 7) is 5.70. The minimum absolute atomic E-state index is 0.121. The van der Waals surface area contributed by atoms with Crippen LogP contribution in [0.2, 0.25) is 0 Å². The molecule has 71 heavy (non-hydrogen) atoms. The number of allylic oxidation sites excluding steroid dienone is 7. The second-order valence-corrected chi connectivity index (χ2v) is 20.4. The SMILES string of the molecule is CCCC/C=C\CCCCCCC(O)C(=O)NC(COC1OC(CO)C(O)C(O)C1OC(=O)CCCCCCCCCCCCC/C=C\C/C=C\CCCCC)C(O)/C=C/CCCCCCCCCCC. The fourth-order valence-corrected chi connectivity index (χ4v) is 8.96. The normalized spacial score (nSPS) is 19.9. The second kappa shape index (κ2) is 48.6. The number of rotatable bonds is 49. The molecule has 8 atom stereocenters. The number of nitrogens with one attached hydrogen (secondary N) is 1. The van der Waals surface area contributed by atoms with Gasteiger partial charge in [0.1, 0.15) is 24.4 Å². The van der Waals surface area contributed by atoms with E-state index in [1.807, 2.05) is 6.08 Å². The maximum absolute atomic E-state index is 13.3. The Morgan fingerprint density at radius 3 is 1.52 bits per heavy atom. The molecule has 1 saturated heterocycles. The van der Waals surface area contributed by atoms with Crippen LogP contribution in [0, 0.1) is 0 Å². The molecule has 11 nitrogen and oxygen atoms in total. The largest absolute Gasteiger partial charge is 0.454 e. The van der Waals surface area contributed by atoms with E-state index in [1.165, 1.54) is 135 Å². The number of hydrogen-bond acceptors (Lipinski definition) is 10. The first-order valence-electron chi connectivity index (χ1n) is 29.4. The van der Waals surface area contributed by atoms with E-state index < -0.39 is 67.4 Å². The standard InChI is InChI=1S/C60H109NO10/c1-4-7-10-13-16-19-22-23-24-25-26-27-28-29-30-31-33-36-39-42-45-48-55(65)71-58-57(67)56(66)54(49-62)70-60(58)69-50-51(52(63)46-43-40-37-35-32-20-17-14-11-8-5-2)61-59(68)53(64)47-44-41-38-34-21-18-15-12-9-6-3/h15-16,18-19,23-24,43,46,51-54,56-58,60,62-64,66-67H,4-14,17,20-22,25-42,44-45,47-50H2,1-3H3,(H,61,68)/b18-15-,19-16-,24-23-,46-43+. The van der Waals surface area contributed by atoms with E-state index in [-0.39, 0.29) is 19.4 Å². The van der Waals surface area contributed by atoms with Gasteiger partial charge < -0.3 is 45.1 Å². The number of carbonyl (C=O) groups excluding carboxylic acids is 2. The van der Waals surface area contributed by atoms with E-state index in [1.54, 1.807) is 6.08 Å².